The fourth-order valence-corrected chi connectivity index (χ4v) is 6.15. The number of aromatic nitrogens is 1. The molecule has 41 heavy (non-hydrogen) atoms. The lowest BCUT2D eigenvalue weighted by Crippen LogP contribution is -2.42. The molecular weight excluding hydrogens is 513 g/mol. The summed E-state index contributed by atoms with van der Waals surface area (Å²) in [4.78, 5) is 23.6. The number of amides is 1. The quantitative estimate of drug-likeness (QED) is 0.282. The van der Waals surface area contributed by atoms with Crippen LogP contribution in [-0.2, 0) is 6.42 Å². The van der Waals surface area contributed by atoms with Crippen LogP contribution in [0, 0.1) is 17.1 Å². The first-order chi connectivity index (χ1) is 20.1. The van der Waals surface area contributed by atoms with Gasteiger partial charge in [-0.2, -0.15) is 5.26 Å². The average molecular weight is 548 g/mol. The van der Waals surface area contributed by atoms with Gasteiger partial charge in [0.25, 0.3) is 5.91 Å². The van der Waals surface area contributed by atoms with Gasteiger partial charge < -0.3 is 15.1 Å². The molecule has 2 fully saturated rings. The number of nitrogens with zero attached hydrogens (tertiary/aromatic N) is 4. The first-order valence-corrected chi connectivity index (χ1v) is 14.5. The number of pyridine rings is 1. The predicted molar refractivity (Wildman–Crippen MR) is 160 cm³/mol. The molecule has 2 aliphatic rings. The van der Waals surface area contributed by atoms with Crippen molar-refractivity contribution in [3.8, 4) is 17.2 Å². The van der Waals surface area contributed by atoms with Gasteiger partial charge in [-0.15, -0.1) is 0 Å². The molecule has 0 bridgehead atoms. The average Bonchev–Trinajstić information content (AvgIpc) is 3.70. The van der Waals surface area contributed by atoms with Gasteiger partial charge in [-0.25, -0.2) is 9.37 Å². The van der Waals surface area contributed by atoms with E-state index in [4.69, 9.17) is 4.98 Å². The molecular formula is C34H34FN5O. The number of likely N-dealkylation sites (tertiary alicyclic amines) is 2. The van der Waals surface area contributed by atoms with E-state index in [-0.39, 0.29) is 17.8 Å². The molecule has 1 atom stereocenters. The number of halogens is 1. The molecule has 1 aromatic heterocycles. The van der Waals surface area contributed by atoms with Crippen molar-refractivity contribution in [2.75, 3.05) is 38.0 Å². The number of hydrogen-bond acceptors (Lipinski definition) is 5. The summed E-state index contributed by atoms with van der Waals surface area (Å²) in [6, 6.07) is 24.5. The first kappa shape index (κ1) is 26.9. The SMILES string of the molecule is N#Cc1ccc(-c2ccc3nc(NCCc4ccccc4F)cc(C(=O)N4CCC[C@H]4CN4CCCC4)c3c2)cc1. The molecule has 6 nitrogen and oxygen atoms in total. The zero-order valence-corrected chi connectivity index (χ0v) is 23.2. The molecule has 0 spiro atoms. The first-order valence-electron chi connectivity index (χ1n) is 14.5. The van der Waals surface area contributed by atoms with Crippen LogP contribution in [0.2, 0.25) is 0 Å². The summed E-state index contributed by atoms with van der Waals surface area (Å²) in [5, 5.41) is 13.3. The molecule has 0 saturated carbocycles. The highest BCUT2D eigenvalue weighted by Crippen LogP contribution is 2.31. The summed E-state index contributed by atoms with van der Waals surface area (Å²) < 4.78 is 14.2. The summed E-state index contributed by atoms with van der Waals surface area (Å²) in [7, 11) is 0. The van der Waals surface area contributed by atoms with Gasteiger partial charge in [0.2, 0.25) is 0 Å². The number of nitriles is 1. The third kappa shape index (κ3) is 5.94. The zero-order valence-electron chi connectivity index (χ0n) is 23.2. The van der Waals surface area contributed by atoms with Crippen molar-refractivity contribution in [2.24, 2.45) is 0 Å². The topological polar surface area (TPSA) is 72.3 Å². The maximum atomic E-state index is 14.2. The Kier molecular flexibility index (Phi) is 7.93. The maximum Gasteiger partial charge on any atom is 0.254 e. The Labute approximate surface area is 240 Å². The van der Waals surface area contributed by atoms with Crippen LogP contribution < -0.4 is 5.32 Å². The van der Waals surface area contributed by atoms with E-state index in [1.165, 1.54) is 18.9 Å². The Hall–Kier alpha value is -4.28. The van der Waals surface area contributed by atoms with Gasteiger partial charge in [0, 0.05) is 31.1 Å². The molecule has 4 aromatic rings. The number of carbonyl (C=O) groups excluding carboxylic acids is 1. The number of anilines is 1. The van der Waals surface area contributed by atoms with Crippen LogP contribution in [0.4, 0.5) is 10.2 Å². The molecule has 3 aromatic carbocycles. The monoisotopic (exact) mass is 547 g/mol. The van der Waals surface area contributed by atoms with Crippen molar-refractivity contribution in [2.45, 2.75) is 38.1 Å². The number of benzene rings is 3. The number of hydrogen-bond donors (Lipinski definition) is 1. The van der Waals surface area contributed by atoms with Gasteiger partial charge in [-0.3, -0.25) is 4.79 Å². The van der Waals surface area contributed by atoms with E-state index in [2.05, 4.69) is 21.2 Å². The van der Waals surface area contributed by atoms with Crippen molar-refractivity contribution in [3.05, 3.63) is 95.3 Å². The molecule has 7 heteroatoms. The molecule has 2 saturated heterocycles. The Morgan fingerprint density at radius 1 is 0.976 bits per heavy atom. The van der Waals surface area contributed by atoms with E-state index >= 15 is 0 Å². The number of nitrogens with one attached hydrogen (secondary N) is 1. The van der Waals surface area contributed by atoms with Crippen LogP contribution >= 0.6 is 0 Å². The van der Waals surface area contributed by atoms with Crippen molar-refractivity contribution >= 4 is 22.6 Å². The Morgan fingerprint density at radius 2 is 1.76 bits per heavy atom. The van der Waals surface area contributed by atoms with Gasteiger partial charge in [0.15, 0.2) is 0 Å². The fourth-order valence-electron chi connectivity index (χ4n) is 6.15. The molecule has 0 unspecified atom stereocenters. The second-order valence-corrected chi connectivity index (χ2v) is 11.0. The molecule has 1 amide bonds. The van der Waals surface area contributed by atoms with E-state index in [0.29, 0.717) is 35.5 Å². The lowest BCUT2D eigenvalue weighted by atomic mass is 9.99. The van der Waals surface area contributed by atoms with E-state index in [1.54, 1.807) is 24.3 Å². The molecule has 0 radical (unpaired) electrons. The molecule has 0 aliphatic carbocycles. The fraction of sp³-hybridized carbons (Fsp3) is 0.324. The van der Waals surface area contributed by atoms with Crippen LogP contribution in [0.15, 0.2) is 72.8 Å². The highest BCUT2D eigenvalue weighted by molar-refractivity contribution is 6.08. The molecule has 6 rings (SSSR count). The third-order valence-corrected chi connectivity index (χ3v) is 8.35. The van der Waals surface area contributed by atoms with Crippen molar-refractivity contribution in [1.82, 2.24) is 14.8 Å². The molecule has 208 valence electrons. The second kappa shape index (κ2) is 12.1. The summed E-state index contributed by atoms with van der Waals surface area (Å²) in [5.41, 5.74) is 4.56. The normalized spacial score (nSPS) is 17.2. The zero-order chi connectivity index (χ0) is 28.2. The lowest BCUT2D eigenvalue weighted by molar-refractivity contribution is 0.0710. The van der Waals surface area contributed by atoms with E-state index in [9.17, 15) is 14.4 Å². The van der Waals surface area contributed by atoms with Crippen molar-refractivity contribution in [3.63, 3.8) is 0 Å². The van der Waals surface area contributed by atoms with Crippen molar-refractivity contribution in [1.29, 1.82) is 5.26 Å². The van der Waals surface area contributed by atoms with Crippen LogP contribution in [0.3, 0.4) is 0 Å². The highest BCUT2D eigenvalue weighted by Gasteiger charge is 2.32. The summed E-state index contributed by atoms with van der Waals surface area (Å²) >= 11 is 0. The molecule has 1 N–H and O–H groups in total. The minimum atomic E-state index is -0.218. The second-order valence-electron chi connectivity index (χ2n) is 11.0. The molecule has 3 heterocycles. The Bertz CT molecular complexity index is 1590. The lowest BCUT2D eigenvalue weighted by Gasteiger charge is -2.29. The molecule has 2 aliphatic heterocycles. The predicted octanol–water partition coefficient (Wildman–Crippen LogP) is 6.27. The standard InChI is InChI=1S/C34H34FN5O/c35-31-8-2-1-6-26(31)15-16-37-33-21-30(34(41)40-19-5-7-28(40)23-39-17-3-4-18-39)29-20-27(13-14-32(29)38-33)25-11-9-24(22-36)10-12-25/h1-2,6,8-14,20-21,28H,3-5,7,15-19,23H2,(H,37,38)/t28-/m0/s1. The third-order valence-electron chi connectivity index (χ3n) is 8.35. The summed E-state index contributed by atoms with van der Waals surface area (Å²) in [6.07, 6.45) is 5.01. The number of fused-ring (bicyclic) bond motifs is 1. The van der Waals surface area contributed by atoms with E-state index in [0.717, 1.165) is 61.1 Å². The van der Waals surface area contributed by atoms with Gasteiger partial charge in [-0.1, -0.05) is 36.4 Å². The van der Waals surface area contributed by atoms with Crippen LogP contribution in [-0.4, -0.2) is 59.5 Å². The van der Waals surface area contributed by atoms with Crippen LogP contribution in [0.25, 0.3) is 22.0 Å². The Balaban J connectivity index is 1.33. The van der Waals surface area contributed by atoms with Gasteiger partial charge >= 0.3 is 0 Å². The summed E-state index contributed by atoms with van der Waals surface area (Å²) in [5.74, 6) is 0.428. The smallest absolute Gasteiger partial charge is 0.254 e. The van der Waals surface area contributed by atoms with Crippen LogP contribution in [0.1, 0.15) is 47.2 Å². The Morgan fingerprint density at radius 3 is 2.54 bits per heavy atom. The highest BCUT2D eigenvalue weighted by atomic mass is 19.1. The largest absolute Gasteiger partial charge is 0.370 e. The minimum Gasteiger partial charge on any atom is -0.370 e. The summed E-state index contributed by atoms with van der Waals surface area (Å²) in [6.45, 7) is 4.41. The van der Waals surface area contributed by atoms with E-state index < -0.39 is 0 Å². The number of rotatable bonds is 8. The minimum absolute atomic E-state index is 0.0354. The van der Waals surface area contributed by atoms with Gasteiger partial charge in [0.1, 0.15) is 11.6 Å². The van der Waals surface area contributed by atoms with E-state index in [1.807, 2.05) is 42.5 Å². The van der Waals surface area contributed by atoms with Crippen LogP contribution in [0.5, 0.6) is 0 Å². The number of carbonyl (C=O) groups is 1. The van der Waals surface area contributed by atoms with Gasteiger partial charge in [-0.05, 0) is 98.3 Å². The van der Waals surface area contributed by atoms with Crippen molar-refractivity contribution < 1.29 is 9.18 Å². The maximum absolute atomic E-state index is 14.2. The van der Waals surface area contributed by atoms with Gasteiger partial charge in [0.05, 0.1) is 22.7 Å².